The number of aryl methyl sites for hydroxylation is 1. The summed E-state index contributed by atoms with van der Waals surface area (Å²) in [6.07, 6.45) is -0.896. The number of hydrogen-bond acceptors (Lipinski definition) is 5. The fourth-order valence-electron chi connectivity index (χ4n) is 2.18. The Balaban J connectivity index is 1.83. The van der Waals surface area contributed by atoms with Crippen LogP contribution in [0.4, 0.5) is 5.69 Å². The van der Waals surface area contributed by atoms with Crippen LogP contribution in [-0.4, -0.2) is 30.4 Å². The second kappa shape index (κ2) is 9.32. The first kappa shape index (κ1) is 20.6. The molecule has 0 aromatic heterocycles. The highest BCUT2D eigenvalue weighted by Gasteiger charge is 2.18. The Hall–Kier alpha value is -2.67. The number of ether oxygens (including phenoxy) is 2. The molecule has 0 spiro atoms. The molecule has 1 atom stereocenters. The third-order valence-electron chi connectivity index (χ3n) is 3.65. The molecule has 0 fully saturated rings. The minimum Gasteiger partial charge on any atom is -0.479 e. The van der Waals surface area contributed by atoms with Crippen molar-refractivity contribution in [2.45, 2.75) is 26.9 Å². The number of hydrogen-bond donors (Lipinski definition) is 1. The number of Topliss-reactive ketones (excluding diaryl/α,β-unsaturated/α-hetero) is 1. The highest BCUT2D eigenvalue weighted by molar-refractivity contribution is 9.10. The molecule has 27 heavy (non-hydrogen) atoms. The molecule has 0 saturated carbocycles. The van der Waals surface area contributed by atoms with Crippen molar-refractivity contribution in [3.05, 3.63) is 58.1 Å². The van der Waals surface area contributed by atoms with E-state index in [0.717, 1.165) is 10.0 Å². The molecule has 7 heteroatoms. The van der Waals surface area contributed by atoms with E-state index < -0.39 is 24.6 Å². The number of anilines is 1. The standard InChI is InChI=1S/C20H20BrNO5/c1-12-4-9-18(17(21)10-12)22-19(24)11-26-20(25)14(3)27-16-7-5-15(6-8-16)13(2)23/h4-10,14H,11H2,1-3H3,(H,22,24). The quantitative estimate of drug-likeness (QED) is 0.528. The SMILES string of the molecule is CC(=O)c1ccc(OC(C)C(=O)OCC(=O)Nc2ccc(C)cc2Br)cc1. The van der Waals surface area contributed by atoms with Gasteiger partial charge in [0, 0.05) is 10.0 Å². The number of nitrogens with one attached hydrogen (secondary N) is 1. The third-order valence-corrected chi connectivity index (χ3v) is 4.31. The van der Waals surface area contributed by atoms with Crippen LogP contribution in [0.5, 0.6) is 5.75 Å². The first-order valence-corrected chi connectivity index (χ1v) is 9.06. The van der Waals surface area contributed by atoms with E-state index in [9.17, 15) is 14.4 Å². The zero-order chi connectivity index (χ0) is 20.0. The molecule has 0 aliphatic rings. The predicted octanol–water partition coefficient (Wildman–Crippen LogP) is 3.91. The summed E-state index contributed by atoms with van der Waals surface area (Å²) < 4.78 is 11.2. The van der Waals surface area contributed by atoms with Gasteiger partial charge in [-0.25, -0.2) is 4.79 Å². The zero-order valence-electron chi connectivity index (χ0n) is 15.2. The first-order chi connectivity index (χ1) is 12.8. The number of amides is 1. The monoisotopic (exact) mass is 433 g/mol. The lowest BCUT2D eigenvalue weighted by atomic mass is 10.1. The van der Waals surface area contributed by atoms with Gasteiger partial charge in [-0.3, -0.25) is 9.59 Å². The molecule has 2 aromatic carbocycles. The molecule has 1 N–H and O–H groups in total. The van der Waals surface area contributed by atoms with Gasteiger partial charge in [0.2, 0.25) is 0 Å². The lowest BCUT2D eigenvalue weighted by molar-refractivity contribution is -0.153. The molecule has 0 bridgehead atoms. The molecule has 2 aromatic rings. The lowest BCUT2D eigenvalue weighted by Crippen LogP contribution is -2.29. The van der Waals surface area contributed by atoms with Gasteiger partial charge >= 0.3 is 5.97 Å². The Morgan fingerprint density at radius 3 is 2.37 bits per heavy atom. The summed E-state index contributed by atoms with van der Waals surface area (Å²) >= 11 is 3.37. The molecule has 1 amide bonds. The van der Waals surface area contributed by atoms with E-state index in [1.165, 1.54) is 13.8 Å². The highest BCUT2D eigenvalue weighted by atomic mass is 79.9. The highest BCUT2D eigenvalue weighted by Crippen LogP contribution is 2.23. The molecule has 0 aliphatic carbocycles. The normalized spacial score (nSPS) is 11.4. The van der Waals surface area contributed by atoms with Crippen LogP contribution in [-0.2, 0) is 14.3 Å². The van der Waals surface area contributed by atoms with E-state index >= 15 is 0 Å². The van der Waals surface area contributed by atoms with Crippen molar-refractivity contribution in [1.29, 1.82) is 0 Å². The summed E-state index contributed by atoms with van der Waals surface area (Å²) in [7, 11) is 0. The number of halogens is 1. The van der Waals surface area contributed by atoms with Crippen molar-refractivity contribution in [3.8, 4) is 5.75 Å². The van der Waals surface area contributed by atoms with Crippen molar-refractivity contribution in [2.24, 2.45) is 0 Å². The van der Waals surface area contributed by atoms with Gasteiger partial charge in [0.05, 0.1) is 5.69 Å². The number of carbonyl (C=O) groups is 3. The van der Waals surface area contributed by atoms with Crippen molar-refractivity contribution in [2.75, 3.05) is 11.9 Å². The smallest absolute Gasteiger partial charge is 0.347 e. The average Bonchev–Trinajstić information content (AvgIpc) is 2.62. The van der Waals surface area contributed by atoms with Crippen LogP contribution in [0.15, 0.2) is 46.9 Å². The fourth-order valence-corrected chi connectivity index (χ4v) is 2.77. The number of esters is 1. The van der Waals surface area contributed by atoms with Crippen LogP contribution < -0.4 is 10.1 Å². The minimum absolute atomic E-state index is 0.0553. The topological polar surface area (TPSA) is 81.7 Å². The Kier molecular flexibility index (Phi) is 7.12. The van der Waals surface area contributed by atoms with Gasteiger partial charge in [-0.15, -0.1) is 0 Å². The third kappa shape index (κ3) is 6.21. The van der Waals surface area contributed by atoms with Crippen LogP contribution in [0.25, 0.3) is 0 Å². The van der Waals surface area contributed by atoms with Crippen molar-refractivity contribution < 1.29 is 23.9 Å². The maximum Gasteiger partial charge on any atom is 0.347 e. The van der Waals surface area contributed by atoms with Crippen LogP contribution >= 0.6 is 15.9 Å². The second-order valence-corrected chi connectivity index (χ2v) is 6.83. The number of benzene rings is 2. The number of rotatable bonds is 7. The maximum absolute atomic E-state index is 12.0. The summed E-state index contributed by atoms with van der Waals surface area (Å²) in [5.41, 5.74) is 2.20. The molecule has 0 heterocycles. The molecular weight excluding hydrogens is 414 g/mol. The van der Waals surface area contributed by atoms with Gasteiger partial charge in [0.25, 0.3) is 5.91 Å². The van der Waals surface area contributed by atoms with Crippen LogP contribution in [0, 0.1) is 6.92 Å². The Morgan fingerprint density at radius 2 is 1.78 bits per heavy atom. The maximum atomic E-state index is 12.0. The molecule has 0 saturated heterocycles. The summed E-state index contributed by atoms with van der Waals surface area (Å²) in [6.45, 7) is 4.51. The number of carbonyl (C=O) groups excluding carboxylic acids is 3. The number of ketones is 1. The fraction of sp³-hybridized carbons (Fsp3) is 0.250. The van der Waals surface area contributed by atoms with Gasteiger partial charge in [0.1, 0.15) is 5.75 Å². The summed E-state index contributed by atoms with van der Waals surface area (Å²) in [6, 6.07) is 11.9. The molecule has 6 nitrogen and oxygen atoms in total. The molecule has 2 rings (SSSR count). The summed E-state index contributed by atoms with van der Waals surface area (Å²) in [5, 5.41) is 2.66. The van der Waals surface area contributed by atoms with Gasteiger partial charge in [-0.2, -0.15) is 0 Å². The zero-order valence-corrected chi connectivity index (χ0v) is 16.8. The van der Waals surface area contributed by atoms with E-state index in [2.05, 4.69) is 21.2 Å². The Labute approximate surface area is 166 Å². The van der Waals surface area contributed by atoms with Gasteiger partial charge in [-0.1, -0.05) is 6.07 Å². The molecule has 0 radical (unpaired) electrons. The van der Waals surface area contributed by atoms with Crippen LogP contribution in [0.1, 0.15) is 29.8 Å². The van der Waals surface area contributed by atoms with E-state index in [1.54, 1.807) is 30.3 Å². The van der Waals surface area contributed by atoms with E-state index in [4.69, 9.17) is 9.47 Å². The van der Waals surface area contributed by atoms with Crippen molar-refractivity contribution >= 4 is 39.3 Å². The molecule has 142 valence electrons. The summed E-state index contributed by atoms with van der Waals surface area (Å²) in [4.78, 5) is 35.2. The largest absolute Gasteiger partial charge is 0.479 e. The van der Waals surface area contributed by atoms with Gasteiger partial charge < -0.3 is 14.8 Å². The average molecular weight is 434 g/mol. The molecule has 0 aliphatic heterocycles. The van der Waals surface area contributed by atoms with Gasteiger partial charge in [-0.05, 0) is 78.7 Å². The van der Waals surface area contributed by atoms with E-state index in [1.807, 2.05) is 19.1 Å². The molecule has 1 unspecified atom stereocenters. The Morgan fingerprint density at radius 1 is 1.11 bits per heavy atom. The first-order valence-electron chi connectivity index (χ1n) is 8.26. The molecular formula is C20H20BrNO5. The minimum atomic E-state index is -0.896. The Bertz CT molecular complexity index is 848. The van der Waals surface area contributed by atoms with E-state index in [-0.39, 0.29) is 5.78 Å². The summed E-state index contributed by atoms with van der Waals surface area (Å²) in [5.74, 6) is -0.743. The van der Waals surface area contributed by atoms with Crippen molar-refractivity contribution in [3.63, 3.8) is 0 Å². The second-order valence-electron chi connectivity index (χ2n) is 5.98. The van der Waals surface area contributed by atoms with Crippen LogP contribution in [0.3, 0.4) is 0 Å². The lowest BCUT2D eigenvalue weighted by Gasteiger charge is -2.14. The van der Waals surface area contributed by atoms with E-state index in [0.29, 0.717) is 17.0 Å². The van der Waals surface area contributed by atoms with Crippen LogP contribution in [0.2, 0.25) is 0 Å². The predicted molar refractivity (Wildman–Crippen MR) is 105 cm³/mol. The van der Waals surface area contributed by atoms with Crippen molar-refractivity contribution in [1.82, 2.24) is 0 Å². The van der Waals surface area contributed by atoms with Gasteiger partial charge in [0.15, 0.2) is 18.5 Å².